The second-order valence-electron chi connectivity index (χ2n) is 7.22. The van der Waals surface area contributed by atoms with Gasteiger partial charge in [-0.05, 0) is 72.6 Å². The van der Waals surface area contributed by atoms with Crippen molar-refractivity contribution < 1.29 is 18.6 Å². The van der Waals surface area contributed by atoms with Crippen molar-refractivity contribution in [1.29, 1.82) is 0 Å². The van der Waals surface area contributed by atoms with Crippen LogP contribution in [0.1, 0.15) is 36.9 Å². The molecule has 162 valence electrons. The molecule has 1 N–H and O–H groups in total. The molecule has 5 nitrogen and oxygen atoms in total. The van der Waals surface area contributed by atoms with Gasteiger partial charge in [-0.1, -0.05) is 13.3 Å². The fourth-order valence-corrected chi connectivity index (χ4v) is 3.95. The van der Waals surface area contributed by atoms with Gasteiger partial charge in [-0.15, -0.1) is 0 Å². The van der Waals surface area contributed by atoms with E-state index in [2.05, 4.69) is 17.1 Å². The molecule has 0 radical (unpaired) electrons. The first-order valence-corrected chi connectivity index (χ1v) is 10.7. The Balaban J connectivity index is 1.88. The molecule has 0 amide bonds. The number of ether oxygens (including phenoxy) is 3. The van der Waals surface area contributed by atoms with E-state index in [1.54, 1.807) is 26.4 Å². The molecule has 30 heavy (non-hydrogen) atoms. The number of unbranched alkanes of at least 4 members (excludes halogenated alkanes) is 1. The van der Waals surface area contributed by atoms with Crippen LogP contribution in [-0.2, 0) is 6.42 Å². The van der Waals surface area contributed by atoms with E-state index in [1.165, 1.54) is 17.7 Å². The highest BCUT2D eigenvalue weighted by Gasteiger charge is 2.31. The summed E-state index contributed by atoms with van der Waals surface area (Å²) in [5.41, 5.74) is 2.29. The van der Waals surface area contributed by atoms with E-state index < -0.39 is 0 Å². The van der Waals surface area contributed by atoms with Gasteiger partial charge in [-0.25, -0.2) is 4.39 Å². The zero-order valence-electron chi connectivity index (χ0n) is 17.7. The molecule has 0 saturated heterocycles. The second kappa shape index (κ2) is 10.5. The normalized spacial score (nSPS) is 15.3. The van der Waals surface area contributed by atoms with Crippen molar-refractivity contribution in [3.8, 4) is 17.2 Å². The standard InChI is InChI=1S/C23H29FN2O3S/c1-4-5-11-25-23(30)26-12-10-16-13-21(27-2)22(28-3)14-19(16)20(26)15-29-18-8-6-17(24)7-9-18/h6-9,13-14,20H,4-5,10-12,15H2,1-3H3,(H,25,30)/t20-/m1/s1. The Bertz CT molecular complexity index is 860. The molecular formula is C23H29FN2O3S. The monoisotopic (exact) mass is 432 g/mol. The van der Waals surface area contributed by atoms with Gasteiger partial charge in [0.25, 0.3) is 0 Å². The zero-order valence-corrected chi connectivity index (χ0v) is 18.6. The fourth-order valence-electron chi connectivity index (χ4n) is 3.63. The Labute approximate surface area is 183 Å². The quantitative estimate of drug-likeness (QED) is 0.490. The average Bonchev–Trinajstić information content (AvgIpc) is 2.77. The molecule has 0 spiro atoms. The first-order valence-electron chi connectivity index (χ1n) is 10.2. The Morgan fingerprint density at radius 2 is 1.87 bits per heavy atom. The molecule has 2 aromatic carbocycles. The SMILES string of the molecule is CCCCNC(=S)N1CCc2cc(OC)c(OC)cc2[C@H]1COc1ccc(F)cc1. The highest BCUT2D eigenvalue weighted by atomic mass is 32.1. The van der Waals surface area contributed by atoms with Gasteiger partial charge < -0.3 is 24.4 Å². The molecule has 1 aliphatic rings. The number of hydrogen-bond acceptors (Lipinski definition) is 4. The van der Waals surface area contributed by atoms with Crippen LogP contribution in [0.4, 0.5) is 4.39 Å². The minimum atomic E-state index is -0.287. The summed E-state index contributed by atoms with van der Waals surface area (Å²) in [6.45, 7) is 4.15. The lowest BCUT2D eigenvalue weighted by atomic mass is 9.92. The molecule has 0 unspecified atom stereocenters. The number of thiocarbonyl (C=S) groups is 1. The topological polar surface area (TPSA) is 43.0 Å². The lowest BCUT2D eigenvalue weighted by Crippen LogP contribution is -2.47. The predicted octanol–water partition coefficient (Wildman–Crippen LogP) is 4.50. The maximum Gasteiger partial charge on any atom is 0.169 e. The van der Waals surface area contributed by atoms with Gasteiger partial charge in [-0.3, -0.25) is 0 Å². The lowest BCUT2D eigenvalue weighted by molar-refractivity contribution is 0.187. The average molecular weight is 433 g/mol. The number of nitrogens with one attached hydrogen (secondary N) is 1. The van der Waals surface area contributed by atoms with Crippen LogP contribution < -0.4 is 19.5 Å². The third-order valence-corrected chi connectivity index (χ3v) is 5.67. The fraction of sp³-hybridized carbons (Fsp3) is 0.435. The molecule has 0 aromatic heterocycles. The molecule has 2 aromatic rings. The van der Waals surface area contributed by atoms with E-state index in [-0.39, 0.29) is 11.9 Å². The number of benzene rings is 2. The maximum atomic E-state index is 13.2. The molecule has 0 bridgehead atoms. The van der Waals surface area contributed by atoms with Crippen molar-refractivity contribution in [3.05, 3.63) is 53.3 Å². The lowest BCUT2D eigenvalue weighted by Gasteiger charge is -2.39. The highest BCUT2D eigenvalue weighted by molar-refractivity contribution is 7.80. The first-order chi connectivity index (χ1) is 14.6. The Kier molecular flexibility index (Phi) is 7.74. The molecule has 1 atom stereocenters. The Morgan fingerprint density at radius 1 is 1.17 bits per heavy atom. The van der Waals surface area contributed by atoms with E-state index in [0.29, 0.717) is 23.9 Å². The Hall–Kier alpha value is -2.54. The van der Waals surface area contributed by atoms with Crippen molar-refractivity contribution >= 4 is 17.3 Å². The van der Waals surface area contributed by atoms with Crippen LogP contribution in [0.3, 0.4) is 0 Å². The highest BCUT2D eigenvalue weighted by Crippen LogP contribution is 2.38. The first kappa shape index (κ1) is 22.2. The number of nitrogens with zero attached hydrogens (tertiary/aromatic N) is 1. The van der Waals surface area contributed by atoms with Gasteiger partial charge in [0, 0.05) is 13.1 Å². The van der Waals surface area contributed by atoms with Crippen LogP contribution in [0.2, 0.25) is 0 Å². The summed E-state index contributed by atoms with van der Waals surface area (Å²) in [5.74, 6) is 1.72. The minimum Gasteiger partial charge on any atom is -0.493 e. The number of fused-ring (bicyclic) bond motifs is 1. The van der Waals surface area contributed by atoms with Crippen molar-refractivity contribution in [2.45, 2.75) is 32.2 Å². The van der Waals surface area contributed by atoms with E-state index in [9.17, 15) is 4.39 Å². The largest absolute Gasteiger partial charge is 0.493 e. The van der Waals surface area contributed by atoms with Crippen LogP contribution >= 0.6 is 12.2 Å². The van der Waals surface area contributed by atoms with Gasteiger partial charge >= 0.3 is 0 Å². The van der Waals surface area contributed by atoms with E-state index >= 15 is 0 Å². The smallest absolute Gasteiger partial charge is 0.169 e. The molecule has 7 heteroatoms. The van der Waals surface area contributed by atoms with Crippen LogP contribution in [0, 0.1) is 5.82 Å². The van der Waals surface area contributed by atoms with E-state index in [0.717, 1.165) is 43.0 Å². The van der Waals surface area contributed by atoms with Crippen molar-refractivity contribution in [3.63, 3.8) is 0 Å². The number of rotatable bonds is 8. The summed E-state index contributed by atoms with van der Waals surface area (Å²) in [6, 6.07) is 10.0. The van der Waals surface area contributed by atoms with Gasteiger partial charge in [0.05, 0.1) is 20.3 Å². The third kappa shape index (κ3) is 5.14. The number of methoxy groups -OCH3 is 2. The van der Waals surface area contributed by atoms with Crippen molar-refractivity contribution in [2.75, 3.05) is 33.9 Å². The zero-order chi connectivity index (χ0) is 21.5. The molecule has 1 heterocycles. The third-order valence-electron chi connectivity index (χ3n) is 5.29. The summed E-state index contributed by atoms with van der Waals surface area (Å²) in [7, 11) is 3.27. The predicted molar refractivity (Wildman–Crippen MR) is 120 cm³/mol. The van der Waals surface area contributed by atoms with Crippen molar-refractivity contribution in [1.82, 2.24) is 10.2 Å². The summed E-state index contributed by atoms with van der Waals surface area (Å²) >= 11 is 5.71. The molecule has 0 aliphatic carbocycles. The van der Waals surface area contributed by atoms with Gasteiger partial charge in [0.1, 0.15) is 18.2 Å². The summed E-state index contributed by atoms with van der Waals surface area (Å²) in [5, 5.41) is 4.09. The number of hydrogen-bond donors (Lipinski definition) is 1. The minimum absolute atomic E-state index is 0.0970. The van der Waals surface area contributed by atoms with Crippen molar-refractivity contribution in [2.24, 2.45) is 0 Å². The van der Waals surface area contributed by atoms with E-state index in [4.69, 9.17) is 26.4 Å². The Morgan fingerprint density at radius 3 is 2.53 bits per heavy atom. The van der Waals surface area contributed by atoms with E-state index in [1.807, 2.05) is 12.1 Å². The van der Waals surface area contributed by atoms with Crippen LogP contribution in [0.25, 0.3) is 0 Å². The maximum absolute atomic E-state index is 13.2. The summed E-state index contributed by atoms with van der Waals surface area (Å²) in [6.07, 6.45) is 3.01. The van der Waals surface area contributed by atoms with Crippen LogP contribution in [0.15, 0.2) is 36.4 Å². The summed E-state index contributed by atoms with van der Waals surface area (Å²) in [4.78, 5) is 2.17. The molecule has 0 fully saturated rings. The number of halogens is 1. The van der Waals surface area contributed by atoms with Gasteiger partial charge in [-0.2, -0.15) is 0 Å². The van der Waals surface area contributed by atoms with Gasteiger partial charge in [0.2, 0.25) is 0 Å². The second-order valence-corrected chi connectivity index (χ2v) is 7.60. The molecule has 1 aliphatic heterocycles. The molecule has 0 saturated carbocycles. The van der Waals surface area contributed by atoms with Crippen LogP contribution in [0.5, 0.6) is 17.2 Å². The van der Waals surface area contributed by atoms with Gasteiger partial charge in [0.15, 0.2) is 16.6 Å². The summed E-state index contributed by atoms with van der Waals surface area (Å²) < 4.78 is 30.3. The van der Waals surface area contributed by atoms with Crippen LogP contribution in [-0.4, -0.2) is 43.9 Å². The molecule has 3 rings (SSSR count). The molecular weight excluding hydrogens is 403 g/mol.